The van der Waals surface area contributed by atoms with Crippen molar-refractivity contribution in [2.45, 2.75) is 0 Å². The van der Waals surface area contributed by atoms with Gasteiger partial charge in [0.15, 0.2) is 6.79 Å². The summed E-state index contributed by atoms with van der Waals surface area (Å²) in [5.74, 6) is 1.20. The minimum atomic E-state index is 0.178. The minimum absolute atomic E-state index is 0.178. The van der Waals surface area contributed by atoms with Crippen LogP contribution in [0.15, 0.2) is 36.5 Å². The Hall–Kier alpha value is -1.85. The van der Waals surface area contributed by atoms with E-state index in [0.29, 0.717) is 16.7 Å². The molecule has 18 heavy (non-hydrogen) atoms. The maximum Gasteiger partial charge on any atom is 0.323 e. The lowest BCUT2D eigenvalue weighted by Crippen LogP contribution is -1.99. The van der Waals surface area contributed by atoms with Crippen molar-refractivity contribution in [2.75, 3.05) is 13.9 Å². The number of aromatic nitrogens is 2. The smallest absolute Gasteiger partial charge is 0.323 e. The summed E-state index contributed by atoms with van der Waals surface area (Å²) in [5, 5.41) is 0.326. The van der Waals surface area contributed by atoms with Gasteiger partial charge < -0.3 is 14.2 Å². The largest absolute Gasteiger partial charge is 0.467 e. The summed E-state index contributed by atoms with van der Waals surface area (Å²) >= 11 is 5.74. The maximum absolute atomic E-state index is 5.74. The van der Waals surface area contributed by atoms with Crippen LogP contribution in [-0.2, 0) is 4.74 Å². The first-order chi connectivity index (χ1) is 8.78. The zero-order valence-electron chi connectivity index (χ0n) is 9.67. The van der Waals surface area contributed by atoms with Gasteiger partial charge in [0, 0.05) is 19.4 Å². The van der Waals surface area contributed by atoms with Crippen LogP contribution in [0, 0.1) is 0 Å². The van der Waals surface area contributed by atoms with Crippen LogP contribution in [0.3, 0.4) is 0 Å². The normalized spacial score (nSPS) is 10.1. The molecule has 0 saturated carbocycles. The topological polar surface area (TPSA) is 53.5 Å². The molecule has 0 fully saturated rings. The van der Waals surface area contributed by atoms with E-state index in [1.165, 1.54) is 6.20 Å². The summed E-state index contributed by atoms with van der Waals surface area (Å²) in [6.45, 7) is 0.178. The molecule has 1 heterocycles. The maximum atomic E-state index is 5.74. The van der Waals surface area contributed by atoms with Crippen molar-refractivity contribution >= 4 is 11.6 Å². The van der Waals surface area contributed by atoms with Crippen LogP contribution in [-0.4, -0.2) is 23.9 Å². The van der Waals surface area contributed by atoms with Gasteiger partial charge in [-0.05, 0) is 18.2 Å². The monoisotopic (exact) mass is 266 g/mol. The highest BCUT2D eigenvalue weighted by molar-refractivity contribution is 6.29. The van der Waals surface area contributed by atoms with Crippen LogP contribution in [0.25, 0.3) is 0 Å². The first-order valence-corrected chi connectivity index (χ1v) is 5.54. The van der Waals surface area contributed by atoms with Gasteiger partial charge in [-0.1, -0.05) is 17.7 Å². The van der Waals surface area contributed by atoms with Crippen LogP contribution in [0.2, 0.25) is 5.15 Å². The van der Waals surface area contributed by atoms with Gasteiger partial charge >= 0.3 is 6.01 Å². The molecule has 0 aliphatic heterocycles. The molecular formula is C12H11ClN2O3. The Morgan fingerprint density at radius 1 is 1.22 bits per heavy atom. The third-order valence-electron chi connectivity index (χ3n) is 1.96. The predicted molar refractivity (Wildman–Crippen MR) is 66.1 cm³/mol. The first-order valence-electron chi connectivity index (χ1n) is 5.16. The van der Waals surface area contributed by atoms with Crippen LogP contribution in [0.5, 0.6) is 17.5 Å². The molecule has 2 aromatic rings. The van der Waals surface area contributed by atoms with Crippen LogP contribution >= 0.6 is 11.6 Å². The molecular weight excluding hydrogens is 256 g/mol. The van der Waals surface area contributed by atoms with Crippen LogP contribution < -0.4 is 9.47 Å². The Bertz CT molecular complexity index is 522. The molecule has 0 bridgehead atoms. The van der Waals surface area contributed by atoms with Crippen LogP contribution in [0.1, 0.15) is 0 Å². The molecule has 5 nitrogen and oxygen atoms in total. The second kappa shape index (κ2) is 6.18. The average molecular weight is 267 g/mol. The Labute approximate surface area is 109 Å². The standard InChI is InChI=1S/C12H11ClN2O3/c1-16-8-17-9-3-2-4-10(7-9)18-12-14-6-5-11(13)15-12/h2-7H,8H2,1H3. The second-order valence-electron chi connectivity index (χ2n) is 3.29. The van der Waals surface area contributed by atoms with Crippen molar-refractivity contribution in [1.82, 2.24) is 9.97 Å². The van der Waals surface area contributed by atoms with Crippen molar-refractivity contribution in [3.63, 3.8) is 0 Å². The van der Waals surface area contributed by atoms with Gasteiger partial charge in [0.2, 0.25) is 0 Å². The molecule has 2 rings (SSSR count). The first kappa shape index (κ1) is 12.6. The number of halogens is 1. The molecule has 0 aliphatic rings. The van der Waals surface area contributed by atoms with Crippen molar-refractivity contribution in [3.8, 4) is 17.5 Å². The van der Waals surface area contributed by atoms with E-state index in [-0.39, 0.29) is 12.8 Å². The second-order valence-corrected chi connectivity index (χ2v) is 3.68. The highest BCUT2D eigenvalue weighted by Gasteiger charge is 2.02. The van der Waals surface area contributed by atoms with Crippen LogP contribution in [0.4, 0.5) is 0 Å². The van der Waals surface area contributed by atoms with Gasteiger partial charge in [-0.3, -0.25) is 0 Å². The zero-order chi connectivity index (χ0) is 12.8. The van der Waals surface area contributed by atoms with Gasteiger partial charge in [-0.2, -0.15) is 4.98 Å². The van der Waals surface area contributed by atoms with E-state index in [2.05, 4.69) is 9.97 Å². The van der Waals surface area contributed by atoms with E-state index >= 15 is 0 Å². The summed E-state index contributed by atoms with van der Waals surface area (Å²) in [5.41, 5.74) is 0. The summed E-state index contributed by atoms with van der Waals surface area (Å²) < 4.78 is 15.6. The number of ether oxygens (including phenoxy) is 3. The Balaban J connectivity index is 2.09. The van der Waals surface area contributed by atoms with Gasteiger partial charge in [-0.25, -0.2) is 4.98 Å². The lowest BCUT2D eigenvalue weighted by Gasteiger charge is -2.07. The van der Waals surface area contributed by atoms with E-state index in [1.807, 2.05) is 0 Å². The highest BCUT2D eigenvalue weighted by Crippen LogP contribution is 2.23. The number of benzene rings is 1. The minimum Gasteiger partial charge on any atom is -0.467 e. The van der Waals surface area contributed by atoms with Crippen molar-refractivity contribution in [3.05, 3.63) is 41.7 Å². The lowest BCUT2D eigenvalue weighted by atomic mass is 10.3. The molecule has 0 atom stereocenters. The third kappa shape index (κ3) is 3.58. The number of nitrogens with zero attached hydrogens (tertiary/aromatic N) is 2. The lowest BCUT2D eigenvalue weighted by molar-refractivity contribution is 0.0510. The molecule has 0 N–H and O–H groups in total. The molecule has 0 aliphatic carbocycles. The number of rotatable bonds is 5. The highest BCUT2D eigenvalue weighted by atomic mass is 35.5. The zero-order valence-corrected chi connectivity index (χ0v) is 10.4. The van der Waals surface area contributed by atoms with Gasteiger partial charge in [0.05, 0.1) is 0 Å². The number of methoxy groups -OCH3 is 1. The molecule has 0 amide bonds. The molecule has 94 valence electrons. The quantitative estimate of drug-likeness (QED) is 0.615. The van der Waals surface area contributed by atoms with E-state index in [9.17, 15) is 0 Å². The van der Waals surface area contributed by atoms with Crippen molar-refractivity contribution < 1.29 is 14.2 Å². The molecule has 0 radical (unpaired) electrons. The third-order valence-corrected chi connectivity index (χ3v) is 2.17. The summed E-state index contributed by atoms with van der Waals surface area (Å²) in [6, 6.07) is 8.83. The summed E-state index contributed by atoms with van der Waals surface area (Å²) in [4.78, 5) is 7.87. The van der Waals surface area contributed by atoms with E-state index in [4.69, 9.17) is 25.8 Å². The van der Waals surface area contributed by atoms with E-state index in [1.54, 1.807) is 37.4 Å². The van der Waals surface area contributed by atoms with Gasteiger partial charge in [0.25, 0.3) is 0 Å². The predicted octanol–water partition coefficient (Wildman–Crippen LogP) is 2.91. The fraction of sp³-hybridized carbons (Fsp3) is 0.167. The van der Waals surface area contributed by atoms with E-state index in [0.717, 1.165) is 0 Å². The summed E-state index contributed by atoms with van der Waals surface area (Å²) in [6.07, 6.45) is 1.52. The van der Waals surface area contributed by atoms with Crippen molar-refractivity contribution in [1.29, 1.82) is 0 Å². The summed E-state index contributed by atoms with van der Waals surface area (Å²) in [7, 11) is 1.56. The van der Waals surface area contributed by atoms with Gasteiger partial charge in [-0.15, -0.1) is 0 Å². The average Bonchev–Trinajstić information content (AvgIpc) is 2.37. The molecule has 1 aromatic carbocycles. The van der Waals surface area contributed by atoms with Crippen molar-refractivity contribution in [2.24, 2.45) is 0 Å². The Morgan fingerprint density at radius 2 is 2.06 bits per heavy atom. The molecule has 0 spiro atoms. The Morgan fingerprint density at radius 3 is 2.83 bits per heavy atom. The fourth-order valence-corrected chi connectivity index (χ4v) is 1.36. The molecule has 0 saturated heterocycles. The molecule has 0 unspecified atom stereocenters. The molecule has 1 aromatic heterocycles. The molecule has 6 heteroatoms. The number of hydrogen-bond acceptors (Lipinski definition) is 5. The SMILES string of the molecule is COCOc1cccc(Oc2nccc(Cl)n2)c1. The fourth-order valence-electron chi connectivity index (χ4n) is 1.23. The number of hydrogen-bond donors (Lipinski definition) is 0. The Kier molecular flexibility index (Phi) is 4.33. The van der Waals surface area contributed by atoms with E-state index < -0.39 is 0 Å². The van der Waals surface area contributed by atoms with Gasteiger partial charge in [0.1, 0.15) is 16.7 Å².